The van der Waals surface area contributed by atoms with Crippen LogP contribution in [0.4, 0.5) is 0 Å². The van der Waals surface area contributed by atoms with Gasteiger partial charge in [0.05, 0.1) is 0 Å². The van der Waals surface area contributed by atoms with Crippen LogP contribution in [0.5, 0.6) is 0 Å². The van der Waals surface area contributed by atoms with Gasteiger partial charge in [0, 0.05) is 12.0 Å². The predicted molar refractivity (Wildman–Crippen MR) is 89.6 cm³/mol. The summed E-state index contributed by atoms with van der Waals surface area (Å²) in [5, 5.41) is 10.8. The molecule has 0 radical (unpaired) electrons. The Morgan fingerprint density at radius 2 is 1.83 bits per heavy atom. The van der Waals surface area contributed by atoms with E-state index in [1.807, 2.05) is 13.8 Å². The number of carbonyl (C=O) groups is 2. The summed E-state index contributed by atoms with van der Waals surface area (Å²) in [5.74, 6) is -0.303. The van der Waals surface area contributed by atoms with E-state index in [9.17, 15) is 14.7 Å². The Kier molecular flexibility index (Phi) is 5.39. The van der Waals surface area contributed by atoms with Gasteiger partial charge in [0.15, 0.2) is 0 Å². The van der Waals surface area contributed by atoms with Gasteiger partial charge in [0.2, 0.25) is 5.91 Å². The quantitative estimate of drug-likeness (QED) is 0.815. The number of carboxylic acids is 1. The highest BCUT2D eigenvalue weighted by molar-refractivity contribution is 5.82. The first kappa shape index (κ1) is 18.2. The average molecular weight is 324 g/mol. The molecule has 23 heavy (non-hydrogen) atoms. The molecule has 1 aliphatic carbocycles. The van der Waals surface area contributed by atoms with Crippen molar-refractivity contribution in [3.63, 3.8) is 0 Å². The summed E-state index contributed by atoms with van der Waals surface area (Å²) in [6.45, 7) is 9.22. The van der Waals surface area contributed by atoms with E-state index in [2.05, 4.69) is 19.3 Å². The minimum absolute atomic E-state index is 0.0458. The summed E-state index contributed by atoms with van der Waals surface area (Å²) in [6, 6.07) is -0.578. The van der Waals surface area contributed by atoms with Crippen LogP contribution in [0.3, 0.4) is 0 Å². The fourth-order valence-electron chi connectivity index (χ4n) is 3.92. The number of hydrogen-bond donors (Lipinski definition) is 2. The standard InChI is InChI=1S/C18H32N2O3/c1-17(2)9-7-13(8-10-17)12-18(3,4)16(23)19-20-11-5-6-14(20)15(21)22/h13-14H,5-12H2,1-4H3,(H,19,23)(H,21,22). The van der Waals surface area contributed by atoms with E-state index in [-0.39, 0.29) is 5.91 Å². The summed E-state index contributed by atoms with van der Waals surface area (Å²) < 4.78 is 0. The number of nitrogens with zero attached hydrogens (tertiary/aromatic N) is 1. The third-order valence-electron chi connectivity index (χ3n) is 5.66. The number of rotatable bonds is 5. The average Bonchev–Trinajstić information content (AvgIpc) is 2.89. The van der Waals surface area contributed by atoms with Gasteiger partial charge in [-0.05, 0) is 56.3 Å². The Morgan fingerprint density at radius 3 is 2.39 bits per heavy atom. The fourth-order valence-corrected chi connectivity index (χ4v) is 3.92. The van der Waals surface area contributed by atoms with Crippen LogP contribution in [0.15, 0.2) is 0 Å². The summed E-state index contributed by atoms with van der Waals surface area (Å²) in [6.07, 6.45) is 7.12. The van der Waals surface area contributed by atoms with Crippen LogP contribution in [0.25, 0.3) is 0 Å². The van der Waals surface area contributed by atoms with Crippen LogP contribution in [0, 0.1) is 16.7 Å². The van der Waals surface area contributed by atoms with Crippen LogP contribution >= 0.6 is 0 Å². The summed E-state index contributed by atoms with van der Waals surface area (Å²) in [5.41, 5.74) is 2.85. The Bertz CT molecular complexity index is 449. The normalized spacial score (nSPS) is 26.2. The van der Waals surface area contributed by atoms with E-state index in [4.69, 9.17) is 0 Å². The lowest BCUT2D eigenvalue weighted by molar-refractivity contribution is -0.146. The smallest absolute Gasteiger partial charge is 0.322 e. The van der Waals surface area contributed by atoms with Crippen LogP contribution < -0.4 is 5.43 Å². The van der Waals surface area contributed by atoms with Crippen LogP contribution in [-0.2, 0) is 9.59 Å². The molecule has 1 saturated carbocycles. The molecule has 5 nitrogen and oxygen atoms in total. The molecule has 1 saturated heterocycles. The first-order chi connectivity index (χ1) is 10.6. The fraction of sp³-hybridized carbons (Fsp3) is 0.889. The highest BCUT2D eigenvalue weighted by atomic mass is 16.4. The third kappa shape index (κ3) is 4.69. The highest BCUT2D eigenvalue weighted by Gasteiger charge is 2.38. The van der Waals surface area contributed by atoms with E-state index >= 15 is 0 Å². The van der Waals surface area contributed by atoms with Crippen molar-refractivity contribution in [1.82, 2.24) is 10.4 Å². The molecule has 1 unspecified atom stereocenters. The van der Waals surface area contributed by atoms with Gasteiger partial charge >= 0.3 is 5.97 Å². The van der Waals surface area contributed by atoms with Gasteiger partial charge in [-0.3, -0.25) is 15.0 Å². The van der Waals surface area contributed by atoms with Crippen molar-refractivity contribution in [3.05, 3.63) is 0 Å². The van der Waals surface area contributed by atoms with Gasteiger partial charge in [-0.25, -0.2) is 5.01 Å². The molecule has 2 N–H and O–H groups in total. The van der Waals surface area contributed by atoms with Crippen molar-refractivity contribution in [1.29, 1.82) is 0 Å². The van der Waals surface area contributed by atoms with E-state index in [1.165, 1.54) is 25.7 Å². The van der Waals surface area contributed by atoms with Crippen molar-refractivity contribution in [2.75, 3.05) is 6.54 Å². The van der Waals surface area contributed by atoms with Gasteiger partial charge in [-0.2, -0.15) is 0 Å². The second-order valence-electron chi connectivity index (χ2n) is 8.83. The Hall–Kier alpha value is -1.10. The second kappa shape index (κ2) is 6.80. The number of carboxylic acid groups (broad SMARTS) is 1. The van der Waals surface area contributed by atoms with Crippen LogP contribution in [-0.4, -0.2) is 34.6 Å². The van der Waals surface area contributed by atoms with Crippen molar-refractivity contribution in [2.24, 2.45) is 16.7 Å². The maximum Gasteiger partial charge on any atom is 0.322 e. The number of carbonyl (C=O) groups excluding carboxylic acids is 1. The molecular weight excluding hydrogens is 292 g/mol. The molecule has 2 fully saturated rings. The lowest BCUT2D eigenvalue weighted by atomic mass is 9.69. The Labute approximate surface area is 139 Å². The molecule has 0 aromatic rings. The summed E-state index contributed by atoms with van der Waals surface area (Å²) in [4.78, 5) is 23.9. The molecule has 1 amide bonds. The first-order valence-electron chi connectivity index (χ1n) is 8.91. The molecule has 2 rings (SSSR count). The van der Waals surface area contributed by atoms with Gasteiger partial charge in [-0.15, -0.1) is 0 Å². The lowest BCUT2D eigenvalue weighted by Crippen LogP contribution is -2.52. The summed E-state index contributed by atoms with van der Waals surface area (Å²) in [7, 11) is 0. The number of hydrogen-bond acceptors (Lipinski definition) is 3. The van der Waals surface area contributed by atoms with Crippen molar-refractivity contribution in [3.8, 4) is 0 Å². The minimum Gasteiger partial charge on any atom is -0.480 e. The molecule has 5 heteroatoms. The van der Waals surface area contributed by atoms with E-state index in [0.29, 0.717) is 24.3 Å². The lowest BCUT2D eigenvalue weighted by Gasteiger charge is -2.38. The number of aliphatic carboxylic acids is 1. The molecule has 132 valence electrons. The van der Waals surface area contributed by atoms with E-state index in [1.54, 1.807) is 5.01 Å². The van der Waals surface area contributed by atoms with Crippen molar-refractivity contribution < 1.29 is 14.7 Å². The third-order valence-corrected chi connectivity index (χ3v) is 5.66. The molecule has 0 aromatic heterocycles. The first-order valence-corrected chi connectivity index (χ1v) is 8.91. The number of hydrazine groups is 1. The molecule has 1 aliphatic heterocycles. The maximum atomic E-state index is 12.6. The Balaban J connectivity index is 1.89. The highest BCUT2D eigenvalue weighted by Crippen LogP contribution is 2.42. The van der Waals surface area contributed by atoms with Gasteiger partial charge in [0.1, 0.15) is 6.04 Å². The number of nitrogens with one attached hydrogen (secondary N) is 1. The SMILES string of the molecule is CC1(C)CCC(CC(C)(C)C(=O)NN2CCCC2C(=O)O)CC1. The zero-order valence-corrected chi connectivity index (χ0v) is 15.0. The van der Waals surface area contributed by atoms with Crippen LogP contribution in [0.1, 0.15) is 72.6 Å². The minimum atomic E-state index is -0.852. The second-order valence-corrected chi connectivity index (χ2v) is 8.83. The number of amides is 1. The molecular formula is C18H32N2O3. The predicted octanol–water partition coefficient (Wildman–Crippen LogP) is 3.20. The molecule has 0 aromatic carbocycles. The summed E-state index contributed by atoms with van der Waals surface area (Å²) >= 11 is 0. The Morgan fingerprint density at radius 1 is 1.22 bits per heavy atom. The molecule has 2 aliphatic rings. The van der Waals surface area contributed by atoms with Crippen molar-refractivity contribution >= 4 is 11.9 Å². The maximum absolute atomic E-state index is 12.6. The zero-order chi connectivity index (χ0) is 17.3. The zero-order valence-electron chi connectivity index (χ0n) is 15.0. The van der Waals surface area contributed by atoms with Crippen molar-refractivity contribution in [2.45, 2.75) is 78.7 Å². The topological polar surface area (TPSA) is 69.6 Å². The molecule has 1 heterocycles. The largest absolute Gasteiger partial charge is 0.480 e. The van der Waals surface area contributed by atoms with Gasteiger partial charge in [0.25, 0.3) is 0 Å². The van der Waals surface area contributed by atoms with Crippen LogP contribution in [0.2, 0.25) is 0 Å². The van der Waals surface area contributed by atoms with Gasteiger partial charge < -0.3 is 5.11 Å². The molecule has 0 spiro atoms. The van der Waals surface area contributed by atoms with E-state index in [0.717, 1.165) is 12.8 Å². The van der Waals surface area contributed by atoms with E-state index < -0.39 is 17.4 Å². The monoisotopic (exact) mass is 324 g/mol. The molecule has 1 atom stereocenters. The van der Waals surface area contributed by atoms with Gasteiger partial charge in [-0.1, -0.05) is 27.7 Å². The molecule has 0 bridgehead atoms.